The zero-order valence-electron chi connectivity index (χ0n) is 5.81. The van der Waals surface area contributed by atoms with E-state index in [1.54, 1.807) is 0 Å². The Hall–Kier alpha value is -0.950. The molecule has 0 atom stereocenters. The molecule has 0 unspecified atom stereocenters. The molecule has 11 heavy (non-hydrogen) atoms. The molecule has 1 heterocycles. The van der Waals surface area contributed by atoms with Gasteiger partial charge >= 0.3 is 0 Å². The highest BCUT2D eigenvalue weighted by atomic mass is 32.2. The highest BCUT2D eigenvalue weighted by Crippen LogP contribution is 1.87. The zero-order chi connectivity index (χ0) is 8.32. The minimum Gasteiger partial charge on any atom is -0.343 e. The quantitative estimate of drug-likeness (QED) is 0.648. The number of rotatable bonds is 3. The number of nitrogens with zero attached hydrogens (tertiary/aromatic N) is 2. The molecule has 0 aliphatic rings. The van der Waals surface area contributed by atoms with E-state index in [2.05, 4.69) is 19.4 Å². The van der Waals surface area contributed by atoms with E-state index in [0.717, 1.165) is 12.6 Å². The first-order valence-electron chi connectivity index (χ1n) is 2.78. The Kier molecular flexibility index (Phi) is 2.20. The van der Waals surface area contributed by atoms with Gasteiger partial charge in [-0.25, -0.2) is 13.1 Å². The van der Waals surface area contributed by atoms with Gasteiger partial charge in [-0.1, -0.05) is 5.16 Å². The molecule has 0 saturated heterocycles. The van der Waals surface area contributed by atoms with Gasteiger partial charge in [0.2, 0.25) is 16.4 Å². The normalized spacial score (nSPS) is 11.7. The monoisotopic (exact) mass is 177 g/mol. The van der Waals surface area contributed by atoms with Crippen LogP contribution in [0.25, 0.3) is 0 Å². The summed E-state index contributed by atoms with van der Waals surface area (Å²) >= 11 is 0. The average molecular weight is 177 g/mol. The van der Waals surface area contributed by atoms with Gasteiger partial charge in [-0.3, -0.25) is 0 Å². The molecule has 1 aromatic rings. The molecule has 0 saturated carbocycles. The van der Waals surface area contributed by atoms with Crippen molar-refractivity contribution in [3.05, 3.63) is 12.2 Å². The first-order chi connectivity index (χ1) is 5.08. The predicted octanol–water partition coefficient (Wildman–Crippen LogP) is -0.881. The van der Waals surface area contributed by atoms with Gasteiger partial charge in [0.1, 0.15) is 0 Å². The molecule has 0 fully saturated rings. The van der Waals surface area contributed by atoms with Crippen molar-refractivity contribution in [1.29, 1.82) is 0 Å². The smallest absolute Gasteiger partial charge is 0.213 e. The van der Waals surface area contributed by atoms with Crippen LogP contribution in [0.1, 0.15) is 5.82 Å². The van der Waals surface area contributed by atoms with E-state index in [1.807, 2.05) is 0 Å². The highest BCUT2D eigenvalue weighted by Gasteiger charge is 2.02. The average Bonchev–Trinajstić information content (AvgIpc) is 2.32. The second-order valence-corrected chi connectivity index (χ2v) is 3.77. The number of hydrogen-bond acceptors (Lipinski definition) is 5. The molecule has 0 aromatic carbocycles. The lowest BCUT2D eigenvalue weighted by Gasteiger charge is -1.94. The lowest BCUT2D eigenvalue weighted by Crippen LogP contribution is -2.21. The summed E-state index contributed by atoms with van der Waals surface area (Å²) in [5.41, 5.74) is 0. The number of aromatic nitrogens is 2. The van der Waals surface area contributed by atoms with Crippen LogP contribution >= 0.6 is 0 Å². The molecule has 1 N–H and O–H groups in total. The summed E-state index contributed by atoms with van der Waals surface area (Å²) < 4.78 is 27.7. The van der Waals surface area contributed by atoms with E-state index >= 15 is 0 Å². The van der Waals surface area contributed by atoms with Crippen LogP contribution in [-0.4, -0.2) is 24.8 Å². The third-order valence-corrected chi connectivity index (χ3v) is 1.57. The minimum atomic E-state index is -3.17. The maximum atomic E-state index is 10.5. The number of hydrogen-bond donors (Lipinski definition) is 1. The van der Waals surface area contributed by atoms with E-state index in [4.69, 9.17) is 0 Å². The molecular formula is C4H7N3O3S. The Labute approximate surface area is 63.7 Å². The Morgan fingerprint density at radius 2 is 2.45 bits per heavy atom. The second kappa shape index (κ2) is 2.97. The van der Waals surface area contributed by atoms with Crippen molar-refractivity contribution in [1.82, 2.24) is 14.9 Å². The van der Waals surface area contributed by atoms with E-state index in [-0.39, 0.29) is 6.54 Å². The van der Waals surface area contributed by atoms with Crippen molar-refractivity contribution in [2.45, 2.75) is 6.54 Å². The highest BCUT2D eigenvalue weighted by molar-refractivity contribution is 7.88. The van der Waals surface area contributed by atoms with Gasteiger partial charge in [-0.05, 0) is 0 Å². The van der Waals surface area contributed by atoms with Crippen LogP contribution in [-0.2, 0) is 16.6 Å². The fourth-order valence-electron chi connectivity index (χ4n) is 0.466. The van der Waals surface area contributed by atoms with Gasteiger partial charge in [0.05, 0.1) is 12.8 Å². The van der Waals surface area contributed by atoms with Gasteiger partial charge < -0.3 is 4.52 Å². The number of sulfonamides is 1. The molecule has 0 aliphatic carbocycles. The van der Waals surface area contributed by atoms with Crippen LogP contribution in [0.3, 0.4) is 0 Å². The van der Waals surface area contributed by atoms with Crippen LogP contribution in [0.5, 0.6) is 0 Å². The van der Waals surface area contributed by atoms with E-state index < -0.39 is 10.0 Å². The molecule has 0 amide bonds. The molecule has 62 valence electrons. The Morgan fingerprint density at radius 3 is 2.91 bits per heavy atom. The van der Waals surface area contributed by atoms with Crippen molar-refractivity contribution >= 4 is 10.0 Å². The molecule has 7 heteroatoms. The van der Waals surface area contributed by atoms with Crippen molar-refractivity contribution in [3.63, 3.8) is 0 Å². The summed E-state index contributed by atoms with van der Waals surface area (Å²) in [5, 5.41) is 3.41. The fourth-order valence-corrected chi connectivity index (χ4v) is 0.857. The Morgan fingerprint density at radius 1 is 1.73 bits per heavy atom. The van der Waals surface area contributed by atoms with Crippen molar-refractivity contribution < 1.29 is 12.9 Å². The lowest BCUT2D eigenvalue weighted by atomic mass is 10.6. The molecule has 0 radical (unpaired) electrons. The number of nitrogens with one attached hydrogen (secondary N) is 1. The van der Waals surface area contributed by atoms with Gasteiger partial charge in [0.15, 0.2) is 5.82 Å². The minimum absolute atomic E-state index is 0.0648. The molecule has 6 nitrogen and oxygen atoms in total. The molecule has 0 aliphatic heterocycles. The van der Waals surface area contributed by atoms with Crippen LogP contribution in [0, 0.1) is 0 Å². The molecule has 0 spiro atoms. The molecular weight excluding hydrogens is 170 g/mol. The van der Waals surface area contributed by atoms with E-state index in [9.17, 15) is 8.42 Å². The summed E-state index contributed by atoms with van der Waals surface area (Å²) in [7, 11) is -3.17. The summed E-state index contributed by atoms with van der Waals surface area (Å²) in [5.74, 6) is 0.315. The standard InChI is InChI=1S/C4H7N3O3S/c1-11(8,9)6-2-4-5-3-10-7-4/h3,6H,2H2,1H3. The van der Waals surface area contributed by atoms with Gasteiger partial charge in [-0.15, -0.1) is 0 Å². The lowest BCUT2D eigenvalue weighted by molar-refractivity contribution is 0.409. The van der Waals surface area contributed by atoms with Crippen molar-refractivity contribution in [3.8, 4) is 0 Å². The van der Waals surface area contributed by atoms with Crippen LogP contribution in [0.15, 0.2) is 10.9 Å². The second-order valence-electron chi connectivity index (χ2n) is 1.94. The predicted molar refractivity (Wildman–Crippen MR) is 36.0 cm³/mol. The van der Waals surface area contributed by atoms with Crippen LogP contribution in [0.2, 0.25) is 0 Å². The Bertz CT molecular complexity index is 303. The molecule has 1 rings (SSSR count). The topological polar surface area (TPSA) is 85.1 Å². The van der Waals surface area contributed by atoms with E-state index in [0.29, 0.717) is 5.82 Å². The van der Waals surface area contributed by atoms with Gasteiger partial charge in [0.25, 0.3) is 0 Å². The first-order valence-corrected chi connectivity index (χ1v) is 4.67. The zero-order valence-corrected chi connectivity index (χ0v) is 6.63. The van der Waals surface area contributed by atoms with Crippen LogP contribution in [0.4, 0.5) is 0 Å². The first kappa shape index (κ1) is 8.15. The van der Waals surface area contributed by atoms with Gasteiger partial charge in [0, 0.05) is 0 Å². The summed E-state index contributed by atoms with van der Waals surface area (Å²) in [4.78, 5) is 3.61. The third-order valence-electron chi connectivity index (χ3n) is 0.899. The largest absolute Gasteiger partial charge is 0.343 e. The van der Waals surface area contributed by atoms with Crippen molar-refractivity contribution in [2.75, 3.05) is 6.26 Å². The maximum Gasteiger partial charge on any atom is 0.213 e. The molecule has 1 aromatic heterocycles. The van der Waals surface area contributed by atoms with Crippen LogP contribution < -0.4 is 4.72 Å². The summed E-state index contributed by atoms with van der Waals surface area (Å²) in [6.45, 7) is 0.0648. The maximum absolute atomic E-state index is 10.5. The van der Waals surface area contributed by atoms with Crippen molar-refractivity contribution in [2.24, 2.45) is 0 Å². The fraction of sp³-hybridized carbons (Fsp3) is 0.500. The third kappa shape index (κ3) is 3.10. The Balaban J connectivity index is 2.48. The molecule has 0 bridgehead atoms. The summed E-state index contributed by atoms with van der Waals surface area (Å²) in [6.07, 6.45) is 2.20. The summed E-state index contributed by atoms with van der Waals surface area (Å²) in [6, 6.07) is 0. The van der Waals surface area contributed by atoms with E-state index in [1.165, 1.54) is 0 Å². The van der Waals surface area contributed by atoms with Gasteiger partial charge in [-0.2, -0.15) is 4.98 Å². The SMILES string of the molecule is CS(=O)(=O)NCc1ncon1.